The van der Waals surface area contributed by atoms with E-state index < -0.39 is 5.60 Å². The highest BCUT2D eigenvalue weighted by atomic mass is 16.5. The molecule has 0 radical (unpaired) electrons. The number of hydrogen-bond donors (Lipinski definition) is 2. The van der Waals surface area contributed by atoms with Gasteiger partial charge in [0.2, 0.25) is 0 Å². The molecule has 3 rings (SSSR count). The molecule has 0 aliphatic heterocycles. The standard InChI is InChI=1S/C16H16O3.C3H8/c17-9-10-19-16(11-18)14-7-3-1-5-12(14)13-6-2-4-8-15(13)16;1-3-2/h1-8,17-18H,9-11H2;3H2,1-2H3. The molecular formula is C19H24O3. The number of aliphatic hydroxyl groups is 2. The van der Waals surface area contributed by atoms with Gasteiger partial charge in [-0.15, -0.1) is 0 Å². The number of ether oxygens (including phenoxy) is 1. The van der Waals surface area contributed by atoms with Gasteiger partial charge in [0.25, 0.3) is 0 Å². The monoisotopic (exact) mass is 300 g/mol. The van der Waals surface area contributed by atoms with Crippen LogP contribution in [0.3, 0.4) is 0 Å². The van der Waals surface area contributed by atoms with Gasteiger partial charge in [-0.3, -0.25) is 0 Å². The van der Waals surface area contributed by atoms with Crippen molar-refractivity contribution in [2.24, 2.45) is 0 Å². The van der Waals surface area contributed by atoms with Crippen LogP contribution in [-0.2, 0) is 10.3 Å². The lowest BCUT2D eigenvalue weighted by atomic mass is 9.92. The topological polar surface area (TPSA) is 49.7 Å². The van der Waals surface area contributed by atoms with Gasteiger partial charge in [0, 0.05) is 0 Å². The van der Waals surface area contributed by atoms with E-state index in [4.69, 9.17) is 9.84 Å². The van der Waals surface area contributed by atoms with Gasteiger partial charge in [0.15, 0.2) is 0 Å². The van der Waals surface area contributed by atoms with Crippen molar-refractivity contribution in [1.29, 1.82) is 0 Å². The zero-order chi connectivity index (χ0) is 16.0. The molecule has 0 fully saturated rings. The summed E-state index contributed by atoms with van der Waals surface area (Å²) in [7, 11) is 0. The normalized spacial score (nSPS) is 13.8. The minimum atomic E-state index is -0.851. The first-order chi connectivity index (χ1) is 10.7. The summed E-state index contributed by atoms with van der Waals surface area (Å²) in [4.78, 5) is 0. The first-order valence-corrected chi connectivity index (χ1v) is 7.80. The third kappa shape index (κ3) is 2.80. The zero-order valence-corrected chi connectivity index (χ0v) is 13.2. The molecule has 0 saturated heterocycles. The molecule has 0 spiro atoms. The largest absolute Gasteiger partial charge is 0.394 e. The molecule has 0 saturated carbocycles. The average molecular weight is 300 g/mol. The third-order valence-electron chi connectivity index (χ3n) is 3.68. The maximum atomic E-state index is 9.93. The smallest absolute Gasteiger partial charge is 0.142 e. The quantitative estimate of drug-likeness (QED) is 0.910. The highest BCUT2D eigenvalue weighted by Gasteiger charge is 2.43. The molecule has 0 heterocycles. The minimum Gasteiger partial charge on any atom is -0.394 e. The summed E-state index contributed by atoms with van der Waals surface area (Å²) in [6.07, 6.45) is 1.25. The van der Waals surface area contributed by atoms with E-state index in [9.17, 15) is 5.11 Å². The van der Waals surface area contributed by atoms with Crippen LogP contribution in [0.1, 0.15) is 31.4 Å². The Morgan fingerprint density at radius 1 is 0.864 bits per heavy atom. The minimum absolute atomic E-state index is 0.0634. The predicted molar refractivity (Wildman–Crippen MR) is 88.7 cm³/mol. The Hall–Kier alpha value is -1.68. The predicted octanol–water partition coefficient (Wildman–Crippen LogP) is 3.33. The first-order valence-electron chi connectivity index (χ1n) is 7.80. The Labute approximate surface area is 132 Å². The van der Waals surface area contributed by atoms with Crippen molar-refractivity contribution in [3.63, 3.8) is 0 Å². The number of benzene rings is 2. The molecule has 0 bridgehead atoms. The SMILES string of the molecule is CCC.OCCOC1(CO)c2ccccc2-c2ccccc21. The molecule has 0 unspecified atom stereocenters. The lowest BCUT2D eigenvalue weighted by Gasteiger charge is -2.29. The van der Waals surface area contributed by atoms with Gasteiger partial charge < -0.3 is 14.9 Å². The van der Waals surface area contributed by atoms with Gasteiger partial charge in [-0.05, 0) is 22.3 Å². The fraction of sp³-hybridized carbons (Fsp3) is 0.368. The summed E-state index contributed by atoms with van der Waals surface area (Å²) in [6, 6.07) is 15.9. The van der Waals surface area contributed by atoms with Crippen LogP contribution in [0.5, 0.6) is 0 Å². The fourth-order valence-corrected chi connectivity index (χ4v) is 2.88. The Bertz CT molecular complexity index is 562. The second-order valence-electron chi connectivity index (χ2n) is 5.36. The first kappa shape index (κ1) is 16.7. The molecule has 2 aromatic rings. The van der Waals surface area contributed by atoms with E-state index in [0.717, 1.165) is 22.3 Å². The van der Waals surface area contributed by atoms with Crippen molar-refractivity contribution in [1.82, 2.24) is 0 Å². The van der Waals surface area contributed by atoms with Crippen LogP contribution in [0.25, 0.3) is 11.1 Å². The Kier molecular flexibility index (Phi) is 5.72. The van der Waals surface area contributed by atoms with E-state index in [-0.39, 0.29) is 19.8 Å². The molecule has 3 heteroatoms. The molecule has 1 aliphatic rings. The summed E-state index contributed by atoms with van der Waals surface area (Å²) in [5.74, 6) is 0. The molecule has 118 valence electrons. The maximum Gasteiger partial charge on any atom is 0.142 e. The van der Waals surface area contributed by atoms with Crippen LogP contribution in [0, 0.1) is 0 Å². The lowest BCUT2D eigenvalue weighted by Crippen LogP contribution is -2.34. The summed E-state index contributed by atoms with van der Waals surface area (Å²) in [6.45, 7) is 4.25. The zero-order valence-electron chi connectivity index (χ0n) is 13.2. The number of aliphatic hydroxyl groups excluding tert-OH is 2. The summed E-state index contributed by atoms with van der Waals surface area (Å²) in [5, 5.41) is 19.0. The molecule has 2 aromatic carbocycles. The van der Waals surface area contributed by atoms with E-state index in [0.29, 0.717) is 0 Å². The van der Waals surface area contributed by atoms with E-state index in [1.807, 2.05) is 48.5 Å². The van der Waals surface area contributed by atoms with Gasteiger partial charge in [-0.2, -0.15) is 0 Å². The van der Waals surface area contributed by atoms with E-state index in [1.165, 1.54) is 6.42 Å². The molecule has 3 nitrogen and oxygen atoms in total. The van der Waals surface area contributed by atoms with Gasteiger partial charge in [0.1, 0.15) is 5.60 Å². The number of fused-ring (bicyclic) bond motifs is 3. The summed E-state index contributed by atoms with van der Waals surface area (Å²) < 4.78 is 5.84. The van der Waals surface area contributed by atoms with E-state index in [2.05, 4.69) is 13.8 Å². The highest BCUT2D eigenvalue weighted by molar-refractivity contribution is 5.80. The van der Waals surface area contributed by atoms with E-state index >= 15 is 0 Å². The van der Waals surface area contributed by atoms with Gasteiger partial charge in [-0.1, -0.05) is 68.8 Å². The molecule has 1 aliphatic carbocycles. The van der Waals surface area contributed by atoms with Crippen LogP contribution < -0.4 is 0 Å². The Balaban J connectivity index is 0.000000545. The maximum absolute atomic E-state index is 9.93. The summed E-state index contributed by atoms with van der Waals surface area (Å²) in [5.41, 5.74) is 3.25. The Morgan fingerprint density at radius 3 is 1.73 bits per heavy atom. The van der Waals surface area contributed by atoms with Crippen molar-refractivity contribution in [3.8, 4) is 11.1 Å². The third-order valence-corrected chi connectivity index (χ3v) is 3.68. The van der Waals surface area contributed by atoms with Crippen LogP contribution in [0.4, 0.5) is 0 Å². The van der Waals surface area contributed by atoms with Crippen LogP contribution in [0.15, 0.2) is 48.5 Å². The fourth-order valence-electron chi connectivity index (χ4n) is 2.88. The highest BCUT2D eigenvalue weighted by Crippen LogP contribution is 2.49. The molecule has 22 heavy (non-hydrogen) atoms. The van der Waals surface area contributed by atoms with Crippen molar-refractivity contribution in [2.45, 2.75) is 25.9 Å². The van der Waals surface area contributed by atoms with Gasteiger partial charge in [0.05, 0.1) is 19.8 Å². The molecule has 0 aromatic heterocycles. The summed E-state index contributed by atoms with van der Waals surface area (Å²) >= 11 is 0. The van der Waals surface area contributed by atoms with Crippen LogP contribution >= 0.6 is 0 Å². The molecule has 0 amide bonds. The van der Waals surface area contributed by atoms with Gasteiger partial charge in [-0.25, -0.2) is 0 Å². The molecule has 0 atom stereocenters. The van der Waals surface area contributed by atoms with Crippen molar-refractivity contribution < 1.29 is 14.9 Å². The van der Waals surface area contributed by atoms with Crippen molar-refractivity contribution in [2.75, 3.05) is 19.8 Å². The van der Waals surface area contributed by atoms with Crippen LogP contribution in [0.2, 0.25) is 0 Å². The average Bonchev–Trinajstić information content (AvgIpc) is 2.85. The van der Waals surface area contributed by atoms with Crippen molar-refractivity contribution >= 4 is 0 Å². The second-order valence-corrected chi connectivity index (χ2v) is 5.36. The van der Waals surface area contributed by atoms with Crippen molar-refractivity contribution in [3.05, 3.63) is 59.7 Å². The van der Waals surface area contributed by atoms with Gasteiger partial charge >= 0.3 is 0 Å². The molecule has 2 N–H and O–H groups in total. The van der Waals surface area contributed by atoms with Crippen LogP contribution in [-0.4, -0.2) is 30.0 Å². The molecular weight excluding hydrogens is 276 g/mol. The Morgan fingerprint density at radius 2 is 1.32 bits per heavy atom. The number of rotatable bonds is 4. The lowest BCUT2D eigenvalue weighted by molar-refractivity contribution is -0.0634. The number of hydrogen-bond acceptors (Lipinski definition) is 3. The second kappa shape index (κ2) is 7.54. The van der Waals surface area contributed by atoms with E-state index in [1.54, 1.807) is 0 Å².